The summed E-state index contributed by atoms with van der Waals surface area (Å²) in [6, 6.07) is 0. The first-order valence-electron chi connectivity index (χ1n) is 3.26. The maximum absolute atomic E-state index is 10.8. The lowest BCUT2D eigenvalue weighted by Gasteiger charge is -2.10. The van der Waals surface area contributed by atoms with Gasteiger partial charge in [-0.25, -0.2) is 5.06 Å². The maximum Gasteiger partial charge on any atom is 0.249 e. The van der Waals surface area contributed by atoms with Crippen LogP contribution in [-0.2, 0) is 4.79 Å². The van der Waals surface area contributed by atoms with E-state index in [0.717, 1.165) is 17.9 Å². The van der Waals surface area contributed by atoms with Crippen molar-refractivity contribution >= 4 is 5.91 Å². The number of nitrogens with zero attached hydrogens (tertiary/aromatic N) is 1. The highest BCUT2D eigenvalue weighted by Gasteiger charge is 2.32. The number of carbonyl (C=O) groups is 1. The van der Waals surface area contributed by atoms with Gasteiger partial charge in [0.1, 0.15) is 0 Å². The quantitative estimate of drug-likeness (QED) is 0.439. The average molecular weight is 129 g/mol. The summed E-state index contributed by atoms with van der Waals surface area (Å²) in [5, 5.41) is 9.61. The van der Waals surface area contributed by atoms with Crippen molar-refractivity contribution in [3.63, 3.8) is 0 Å². The van der Waals surface area contributed by atoms with Crippen molar-refractivity contribution in [2.75, 3.05) is 6.54 Å². The molecule has 1 aliphatic carbocycles. The van der Waals surface area contributed by atoms with Crippen LogP contribution in [0.2, 0.25) is 0 Å². The van der Waals surface area contributed by atoms with E-state index in [1.165, 1.54) is 0 Å². The predicted molar refractivity (Wildman–Crippen MR) is 31.9 cm³/mol. The first-order chi connectivity index (χ1) is 4.25. The minimum atomic E-state index is -0.113. The number of hydrogen-bond acceptors (Lipinski definition) is 2. The Bertz CT molecular complexity index is 120. The topological polar surface area (TPSA) is 40.5 Å². The Kier molecular flexibility index (Phi) is 1.71. The average Bonchev–Trinajstić information content (AvgIpc) is 2.66. The lowest BCUT2D eigenvalue weighted by molar-refractivity contribution is -0.165. The summed E-state index contributed by atoms with van der Waals surface area (Å²) < 4.78 is 0. The summed E-state index contributed by atoms with van der Waals surface area (Å²) in [6.45, 7) is 2.15. The van der Waals surface area contributed by atoms with E-state index in [9.17, 15) is 4.79 Å². The Morgan fingerprint density at radius 2 is 2.33 bits per heavy atom. The monoisotopic (exact) mass is 129 g/mol. The fourth-order valence-electron chi connectivity index (χ4n) is 0.697. The zero-order valence-corrected chi connectivity index (χ0v) is 5.50. The van der Waals surface area contributed by atoms with Crippen LogP contribution < -0.4 is 0 Å². The molecule has 1 amide bonds. The highest BCUT2D eigenvalue weighted by molar-refractivity contribution is 5.79. The maximum atomic E-state index is 10.8. The van der Waals surface area contributed by atoms with Crippen LogP contribution in [0.4, 0.5) is 0 Å². The van der Waals surface area contributed by atoms with Gasteiger partial charge in [-0.15, -0.1) is 0 Å². The number of amides is 1. The predicted octanol–water partition coefficient (Wildman–Crippen LogP) is 0.634. The molecule has 0 heterocycles. The second kappa shape index (κ2) is 2.35. The van der Waals surface area contributed by atoms with E-state index in [0.29, 0.717) is 6.54 Å². The number of hydroxylamine groups is 2. The highest BCUT2D eigenvalue weighted by Crippen LogP contribution is 2.30. The molecule has 1 N–H and O–H groups in total. The van der Waals surface area contributed by atoms with E-state index in [2.05, 4.69) is 0 Å². The van der Waals surface area contributed by atoms with Gasteiger partial charge in [-0.1, -0.05) is 0 Å². The largest absolute Gasteiger partial charge is 0.286 e. The fraction of sp³-hybridized carbons (Fsp3) is 0.833. The normalized spacial score (nSPS) is 17.6. The molecule has 0 radical (unpaired) electrons. The SMILES string of the molecule is CCN(O)C(=O)C1CC1. The summed E-state index contributed by atoms with van der Waals surface area (Å²) in [4.78, 5) is 10.8. The van der Waals surface area contributed by atoms with Crippen molar-refractivity contribution in [1.29, 1.82) is 0 Å². The van der Waals surface area contributed by atoms with Crippen LogP contribution in [0.5, 0.6) is 0 Å². The molecule has 0 saturated heterocycles. The second-order valence-electron chi connectivity index (χ2n) is 2.33. The molecule has 0 bridgehead atoms. The number of hydrogen-bond donors (Lipinski definition) is 1. The summed E-state index contributed by atoms with van der Waals surface area (Å²) in [5.41, 5.74) is 0. The lowest BCUT2D eigenvalue weighted by atomic mass is 10.4. The molecular formula is C6H11NO2. The van der Waals surface area contributed by atoms with Crippen LogP contribution in [0, 0.1) is 5.92 Å². The number of carbonyl (C=O) groups excluding carboxylic acids is 1. The molecule has 3 nitrogen and oxygen atoms in total. The molecular weight excluding hydrogens is 118 g/mol. The Morgan fingerprint density at radius 1 is 1.78 bits per heavy atom. The van der Waals surface area contributed by atoms with E-state index < -0.39 is 0 Å². The Balaban J connectivity index is 2.31. The van der Waals surface area contributed by atoms with Gasteiger partial charge in [-0.2, -0.15) is 0 Å². The molecule has 0 spiro atoms. The molecule has 3 heteroatoms. The van der Waals surface area contributed by atoms with Gasteiger partial charge in [-0.3, -0.25) is 10.0 Å². The molecule has 9 heavy (non-hydrogen) atoms. The van der Waals surface area contributed by atoms with Gasteiger partial charge in [-0.05, 0) is 19.8 Å². The van der Waals surface area contributed by atoms with Crippen LogP contribution in [0.3, 0.4) is 0 Å². The number of rotatable bonds is 2. The van der Waals surface area contributed by atoms with E-state index in [-0.39, 0.29) is 11.8 Å². The van der Waals surface area contributed by atoms with Crippen LogP contribution in [-0.4, -0.2) is 22.7 Å². The van der Waals surface area contributed by atoms with Gasteiger partial charge in [0.25, 0.3) is 0 Å². The van der Waals surface area contributed by atoms with Gasteiger partial charge in [0.2, 0.25) is 5.91 Å². The summed E-state index contributed by atoms with van der Waals surface area (Å²) >= 11 is 0. The van der Waals surface area contributed by atoms with Gasteiger partial charge in [0.15, 0.2) is 0 Å². The van der Waals surface area contributed by atoms with E-state index in [1.54, 1.807) is 6.92 Å². The minimum Gasteiger partial charge on any atom is -0.286 e. The Morgan fingerprint density at radius 3 is 2.67 bits per heavy atom. The summed E-state index contributed by atoms with van der Waals surface area (Å²) in [7, 11) is 0. The molecule has 1 saturated carbocycles. The van der Waals surface area contributed by atoms with E-state index >= 15 is 0 Å². The zero-order valence-electron chi connectivity index (χ0n) is 5.50. The molecule has 1 rings (SSSR count). The van der Waals surface area contributed by atoms with Crippen molar-refractivity contribution in [1.82, 2.24) is 5.06 Å². The molecule has 1 aliphatic rings. The third-order valence-corrected chi connectivity index (χ3v) is 1.48. The highest BCUT2D eigenvalue weighted by atomic mass is 16.5. The van der Waals surface area contributed by atoms with Crippen LogP contribution in [0.1, 0.15) is 19.8 Å². The van der Waals surface area contributed by atoms with Gasteiger partial charge >= 0.3 is 0 Å². The molecule has 0 aliphatic heterocycles. The van der Waals surface area contributed by atoms with Crippen LogP contribution in [0.15, 0.2) is 0 Å². The van der Waals surface area contributed by atoms with Crippen molar-refractivity contribution in [3.05, 3.63) is 0 Å². The summed E-state index contributed by atoms with van der Waals surface area (Å²) in [5.74, 6) is 0.0208. The first kappa shape index (κ1) is 6.55. The van der Waals surface area contributed by atoms with Crippen molar-refractivity contribution < 1.29 is 10.0 Å². The molecule has 1 fully saturated rings. The Labute approximate surface area is 54.2 Å². The van der Waals surface area contributed by atoms with Crippen molar-refractivity contribution in [2.24, 2.45) is 5.92 Å². The molecule has 0 unspecified atom stereocenters. The third kappa shape index (κ3) is 1.42. The minimum absolute atomic E-state index is 0.113. The van der Waals surface area contributed by atoms with Gasteiger partial charge in [0.05, 0.1) is 0 Å². The standard InChI is InChI=1S/C6H11NO2/c1-2-7(9)6(8)5-3-4-5/h5,9H,2-4H2,1H3. The smallest absolute Gasteiger partial charge is 0.249 e. The lowest BCUT2D eigenvalue weighted by Crippen LogP contribution is -2.28. The molecule has 0 atom stereocenters. The van der Waals surface area contributed by atoms with E-state index in [4.69, 9.17) is 5.21 Å². The summed E-state index contributed by atoms with van der Waals surface area (Å²) in [6.07, 6.45) is 1.91. The van der Waals surface area contributed by atoms with Crippen molar-refractivity contribution in [3.8, 4) is 0 Å². The van der Waals surface area contributed by atoms with Crippen LogP contribution in [0.25, 0.3) is 0 Å². The molecule has 0 aromatic heterocycles. The first-order valence-corrected chi connectivity index (χ1v) is 3.26. The van der Waals surface area contributed by atoms with E-state index in [1.807, 2.05) is 0 Å². The zero-order chi connectivity index (χ0) is 6.85. The third-order valence-electron chi connectivity index (χ3n) is 1.48. The van der Waals surface area contributed by atoms with Gasteiger partial charge in [0, 0.05) is 12.5 Å². The van der Waals surface area contributed by atoms with Crippen molar-refractivity contribution in [2.45, 2.75) is 19.8 Å². The molecule has 0 aromatic rings. The Hall–Kier alpha value is -0.570. The molecule has 0 aromatic carbocycles. The fourth-order valence-corrected chi connectivity index (χ4v) is 0.697. The molecule has 52 valence electrons. The van der Waals surface area contributed by atoms with Gasteiger partial charge < -0.3 is 0 Å². The van der Waals surface area contributed by atoms with Crippen LogP contribution >= 0.6 is 0 Å². The second-order valence-corrected chi connectivity index (χ2v) is 2.33.